The Bertz CT molecular complexity index is 711. The lowest BCUT2D eigenvalue weighted by atomic mass is 9.78. The van der Waals surface area contributed by atoms with Crippen molar-refractivity contribution in [1.82, 2.24) is 0 Å². The van der Waals surface area contributed by atoms with Crippen LogP contribution < -0.4 is 4.74 Å². The molecule has 0 unspecified atom stereocenters. The molecule has 1 heterocycles. The van der Waals surface area contributed by atoms with E-state index in [4.69, 9.17) is 14.0 Å². The Labute approximate surface area is 159 Å². The number of methoxy groups -OCH3 is 1. The zero-order valence-corrected chi connectivity index (χ0v) is 16.9. The SMILES string of the molecule is COc1ccc(C=C(CSC(C)=O)B2OC(C)(C)C(C)(C)O2)c(C=O)c1. The standard InChI is InChI=1S/C19H25BO5S/c1-13(22)26-12-16(20-24-18(2,3)19(4,5)25-20)9-14-7-8-17(23-6)10-15(14)11-21/h7-11H,12H2,1-6H3. The minimum absolute atomic E-state index is 0.0118. The lowest BCUT2D eigenvalue weighted by molar-refractivity contribution is -0.109. The summed E-state index contributed by atoms with van der Waals surface area (Å²) in [5.41, 5.74) is 1.08. The van der Waals surface area contributed by atoms with E-state index in [2.05, 4.69) is 0 Å². The summed E-state index contributed by atoms with van der Waals surface area (Å²) in [4.78, 5) is 22.9. The van der Waals surface area contributed by atoms with Crippen molar-refractivity contribution in [3.63, 3.8) is 0 Å². The molecule has 0 N–H and O–H groups in total. The van der Waals surface area contributed by atoms with Crippen LogP contribution >= 0.6 is 11.8 Å². The Hall–Kier alpha value is -1.57. The molecular weight excluding hydrogens is 351 g/mol. The fourth-order valence-corrected chi connectivity index (χ4v) is 3.06. The molecule has 26 heavy (non-hydrogen) atoms. The van der Waals surface area contributed by atoms with E-state index in [1.807, 2.05) is 39.8 Å². The van der Waals surface area contributed by atoms with Crippen LogP contribution in [-0.2, 0) is 14.1 Å². The normalized spacial score (nSPS) is 18.7. The zero-order valence-electron chi connectivity index (χ0n) is 16.1. The average molecular weight is 376 g/mol. The third kappa shape index (κ3) is 4.58. The highest BCUT2D eigenvalue weighted by Crippen LogP contribution is 2.39. The molecule has 1 fully saturated rings. The van der Waals surface area contributed by atoms with Crippen molar-refractivity contribution in [1.29, 1.82) is 0 Å². The van der Waals surface area contributed by atoms with Crippen LogP contribution in [0.1, 0.15) is 50.5 Å². The number of hydrogen-bond acceptors (Lipinski definition) is 6. The summed E-state index contributed by atoms with van der Waals surface area (Å²) in [5, 5.41) is 0.0118. The van der Waals surface area contributed by atoms with Crippen molar-refractivity contribution in [3.05, 3.63) is 34.8 Å². The first-order valence-electron chi connectivity index (χ1n) is 8.42. The van der Waals surface area contributed by atoms with Gasteiger partial charge >= 0.3 is 7.12 Å². The molecular formula is C19H25BO5S. The Morgan fingerprint density at radius 3 is 2.31 bits per heavy atom. The third-order valence-corrected chi connectivity index (χ3v) is 5.64. The first kappa shape index (κ1) is 20.7. The molecule has 1 aromatic rings. The number of carbonyl (C=O) groups excluding carboxylic acids is 2. The second kappa shape index (κ2) is 7.98. The fraction of sp³-hybridized carbons (Fsp3) is 0.474. The van der Waals surface area contributed by atoms with E-state index in [-0.39, 0.29) is 5.12 Å². The molecule has 0 aromatic heterocycles. The molecule has 0 saturated carbocycles. The molecule has 2 rings (SSSR count). The molecule has 5 nitrogen and oxygen atoms in total. The molecule has 0 atom stereocenters. The summed E-state index contributed by atoms with van der Waals surface area (Å²) in [7, 11) is 0.979. The lowest BCUT2D eigenvalue weighted by Gasteiger charge is -2.32. The summed E-state index contributed by atoms with van der Waals surface area (Å²) in [6.07, 6.45) is 2.65. The van der Waals surface area contributed by atoms with E-state index in [0.29, 0.717) is 17.1 Å². The lowest BCUT2D eigenvalue weighted by Crippen LogP contribution is -2.41. The molecule has 1 aliphatic heterocycles. The van der Waals surface area contributed by atoms with Gasteiger partial charge in [0.05, 0.1) is 18.3 Å². The van der Waals surface area contributed by atoms with Gasteiger partial charge in [0.15, 0.2) is 11.4 Å². The van der Waals surface area contributed by atoms with Gasteiger partial charge < -0.3 is 14.0 Å². The third-order valence-electron chi connectivity index (χ3n) is 4.76. The monoisotopic (exact) mass is 376 g/mol. The number of thioether (sulfide) groups is 1. The maximum atomic E-state index is 11.5. The van der Waals surface area contributed by atoms with Crippen molar-refractivity contribution in [2.45, 2.75) is 45.8 Å². The van der Waals surface area contributed by atoms with Gasteiger partial charge in [-0.05, 0) is 50.9 Å². The summed E-state index contributed by atoms with van der Waals surface area (Å²) in [6, 6.07) is 5.28. The van der Waals surface area contributed by atoms with Crippen LogP contribution in [0.2, 0.25) is 0 Å². The van der Waals surface area contributed by atoms with Crippen molar-refractivity contribution in [3.8, 4) is 5.75 Å². The number of ether oxygens (including phenoxy) is 1. The number of aldehydes is 1. The topological polar surface area (TPSA) is 61.8 Å². The van der Waals surface area contributed by atoms with E-state index in [9.17, 15) is 9.59 Å². The van der Waals surface area contributed by atoms with Gasteiger partial charge in [0.2, 0.25) is 0 Å². The zero-order chi connectivity index (χ0) is 19.5. The smallest absolute Gasteiger partial charge is 0.491 e. The highest BCUT2D eigenvalue weighted by atomic mass is 32.2. The highest BCUT2D eigenvalue weighted by Gasteiger charge is 2.52. The molecule has 0 aliphatic carbocycles. The Morgan fingerprint density at radius 2 is 1.81 bits per heavy atom. The maximum absolute atomic E-state index is 11.5. The first-order chi connectivity index (χ1) is 12.1. The van der Waals surface area contributed by atoms with Crippen molar-refractivity contribution < 1.29 is 23.6 Å². The predicted octanol–water partition coefficient (Wildman–Crippen LogP) is 3.80. The van der Waals surface area contributed by atoms with Gasteiger partial charge in [-0.25, -0.2) is 0 Å². The second-order valence-corrected chi connectivity index (χ2v) is 8.35. The number of carbonyl (C=O) groups is 2. The Balaban J connectivity index is 2.41. The minimum atomic E-state index is -0.576. The Kier molecular flexibility index (Phi) is 6.37. The van der Waals surface area contributed by atoms with Gasteiger partial charge in [-0.15, -0.1) is 0 Å². The molecule has 140 valence electrons. The van der Waals surface area contributed by atoms with Crippen LogP contribution in [0.15, 0.2) is 23.7 Å². The maximum Gasteiger partial charge on any atom is 0.491 e. The fourth-order valence-electron chi connectivity index (χ4n) is 2.47. The summed E-state index contributed by atoms with van der Waals surface area (Å²) < 4.78 is 17.4. The van der Waals surface area contributed by atoms with Crippen LogP contribution in [0, 0.1) is 0 Å². The minimum Gasteiger partial charge on any atom is -0.497 e. The van der Waals surface area contributed by atoms with E-state index >= 15 is 0 Å². The summed E-state index contributed by atoms with van der Waals surface area (Å²) >= 11 is 1.19. The second-order valence-electron chi connectivity index (χ2n) is 7.20. The van der Waals surface area contributed by atoms with Crippen LogP contribution in [0.5, 0.6) is 5.75 Å². The van der Waals surface area contributed by atoms with Crippen molar-refractivity contribution in [2.24, 2.45) is 0 Å². The first-order valence-corrected chi connectivity index (χ1v) is 9.41. The van der Waals surface area contributed by atoms with Gasteiger partial charge in [0, 0.05) is 18.2 Å². The Morgan fingerprint density at radius 1 is 1.19 bits per heavy atom. The largest absolute Gasteiger partial charge is 0.497 e. The van der Waals surface area contributed by atoms with E-state index < -0.39 is 18.3 Å². The molecule has 0 bridgehead atoms. The van der Waals surface area contributed by atoms with Crippen LogP contribution in [0.25, 0.3) is 6.08 Å². The van der Waals surface area contributed by atoms with Crippen LogP contribution in [0.3, 0.4) is 0 Å². The number of rotatable bonds is 6. The molecule has 0 radical (unpaired) electrons. The van der Waals surface area contributed by atoms with Crippen molar-refractivity contribution in [2.75, 3.05) is 12.9 Å². The highest BCUT2D eigenvalue weighted by molar-refractivity contribution is 8.13. The molecule has 1 aromatic carbocycles. The summed E-state index contributed by atoms with van der Waals surface area (Å²) in [5.74, 6) is 1.04. The molecule has 0 spiro atoms. The number of benzene rings is 1. The van der Waals surface area contributed by atoms with Crippen LogP contribution in [0.4, 0.5) is 0 Å². The quantitative estimate of drug-likeness (QED) is 0.556. The van der Waals surface area contributed by atoms with E-state index in [1.54, 1.807) is 19.2 Å². The summed E-state index contributed by atoms with van der Waals surface area (Å²) in [6.45, 7) is 9.44. The number of hydrogen-bond donors (Lipinski definition) is 0. The van der Waals surface area contributed by atoms with Gasteiger partial charge in [0.1, 0.15) is 5.75 Å². The molecule has 1 saturated heterocycles. The molecule has 1 aliphatic rings. The van der Waals surface area contributed by atoms with E-state index in [1.165, 1.54) is 18.7 Å². The van der Waals surface area contributed by atoms with Gasteiger partial charge in [0.25, 0.3) is 0 Å². The molecule has 0 amide bonds. The van der Waals surface area contributed by atoms with Gasteiger partial charge in [-0.1, -0.05) is 23.9 Å². The average Bonchev–Trinajstić information content (AvgIpc) is 2.79. The molecule has 7 heteroatoms. The van der Waals surface area contributed by atoms with Gasteiger partial charge in [-0.2, -0.15) is 0 Å². The van der Waals surface area contributed by atoms with Crippen molar-refractivity contribution >= 4 is 36.4 Å². The van der Waals surface area contributed by atoms with E-state index in [0.717, 1.165) is 17.3 Å². The van der Waals surface area contributed by atoms with Gasteiger partial charge in [-0.3, -0.25) is 9.59 Å². The predicted molar refractivity (Wildman–Crippen MR) is 106 cm³/mol. The van der Waals surface area contributed by atoms with Crippen LogP contribution in [-0.4, -0.2) is 42.6 Å².